The van der Waals surface area contributed by atoms with Gasteiger partial charge in [0, 0.05) is 29.6 Å². The maximum atomic E-state index is 10.5. The molecule has 0 fully saturated rings. The second-order valence-electron chi connectivity index (χ2n) is 8.92. The van der Waals surface area contributed by atoms with Crippen LogP contribution in [0.5, 0.6) is 0 Å². The van der Waals surface area contributed by atoms with E-state index in [0.717, 1.165) is 23.9 Å². The molecule has 0 saturated heterocycles. The molecule has 0 aliphatic rings. The molecular formula is C26H33BrN2O. The van der Waals surface area contributed by atoms with E-state index in [0.29, 0.717) is 13.1 Å². The van der Waals surface area contributed by atoms with Gasteiger partial charge in [0.25, 0.3) is 0 Å². The molecule has 30 heavy (non-hydrogen) atoms. The van der Waals surface area contributed by atoms with Crippen LogP contribution in [0.3, 0.4) is 0 Å². The fourth-order valence-electron chi connectivity index (χ4n) is 3.80. The standard InChI is InChI=1S/C26H33BrN2O/c1-26(2,17-21-8-11-22-6-4-5-7-23(22)16-21)28-18-25(30)19-29(3)15-14-20-9-12-24(27)13-10-20/h4-13,16,25,28,30H,14-15,17-19H2,1-3H3/t25-/m1/s1. The summed E-state index contributed by atoms with van der Waals surface area (Å²) in [5.41, 5.74) is 2.54. The van der Waals surface area contributed by atoms with E-state index < -0.39 is 6.10 Å². The predicted octanol–water partition coefficient (Wildman–Crippen LogP) is 5.05. The van der Waals surface area contributed by atoms with E-state index in [1.54, 1.807) is 0 Å². The van der Waals surface area contributed by atoms with Gasteiger partial charge in [0.2, 0.25) is 0 Å². The van der Waals surface area contributed by atoms with Gasteiger partial charge in [-0.2, -0.15) is 0 Å². The summed E-state index contributed by atoms with van der Waals surface area (Å²) in [5, 5.41) is 16.6. The summed E-state index contributed by atoms with van der Waals surface area (Å²) in [6.45, 7) is 6.58. The van der Waals surface area contributed by atoms with Gasteiger partial charge in [-0.05, 0) is 67.8 Å². The molecule has 0 aromatic heterocycles. The number of fused-ring (bicyclic) bond motifs is 1. The molecular weight excluding hydrogens is 436 g/mol. The van der Waals surface area contributed by atoms with Crippen molar-refractivity contribution in [3.05, 3.63) is 82.3 Å². The van der Waals surface area contributed by atoms with Crippen molar-refractivity contribution in [3.8, 4) is 0 Å². The Labute approximate surface area is 189 Å². The van der Waals surface area contributed by atoms with Crippen molar-refractivity contribution >= 4 is 26.7 Å². The van der Waals surface area contributed by atoms with Crippen LogP contribution < -0.4 is 5.32 Å². The molecule has 3 nitrogen and oxygen atoms in total. The third-order valence-electron chi connectivity index (χ3n) is 5.49. The highest BCUT2D eigenvalue weighted by molar-refractivity contribution is 9.10. The van der Waals surface area contributed by atoms with Gasteiger partial charge in [-0.25, -0.2) is 0 Å². The fourth-order valence-corrected chi connectivity index (χ4v) is 4.07. The first-order valence-electron chi connectivity index (χ1n) is 10.6. The summed E-state index contributed by atoms with van der Waals surface area (Å²) >= 11 is 3.47. The lowest BCUT2D eigenvalue weighted by Gasteiger charge is -2.29. The Kier molecular flexibility index (Phi) is 8.06. The van der Waals surface area contributed by atoms with Crippen LogP contribution >= 0.6 is 15.9 Å². The van der Waals surface area contributed by atoms with Gasteiger partial charge in [-0.3, -0.25) is 0 Å². The van der Waals surface area contributed by atoms with E-state index in [1.165, 1.54) is 21.9 Å². The zero-order valence-electron chi connectivity index (χ0n) is 18.2. The number of hydrogen-bond donors (Lipinski definition) is 2. The number of hydrogen-bond acceptors (Lipinski definition) is 3. The maximum absolute atomic E-state index is 10.5. The number of benzene rings is 3. The third-order valence-corrected chi connectivity index (χ3v) is 6.02. The van der Waals surface area contributed by atoms with Crippen molar-refractivity contribution in [1.29, 1.82) is 0 Å². The largest absolute Gasteiger partial charge is 0.390 e. The second kappa shape index (κ2) is 10.5. The van der Waals surface area contributed by atoms with Crippen molar-refractivity contribution in [1.82, 2.24) is 10.2 Å². The quantitative estimate of drug-likeness (QED) is 0.436. The van der Waals surface area contributed by atoms with Crippen LogP contribution in [0.15, 0.2) is 71.2 Å². The number of likely N-dealkylation sites (N-methyl/N-ethyl adjacent to an activating group) is 1. The van der Waals surface area contributed by atoms with Crippen LogP contribution in [0, 0.1) is 0 Å². The first-order valence-corrected chi connectivity index (χ1v) is 11.4. The van der Waals surface area contributed by atoms with Crippen LogP contribution in [0.1, 0.15) is 25.0 Å². The lowest BCUT2D eigenvalue weighted by molar-refractivity contribution is 0.116. The molecule has 0 bridgehead atoms. The minimum absolute atomic E-state index is 0.0839. The van der Waals surface area contributed by atoms with Crippen LogP contribution in [0.4, 0.5) is 0 Å². The van der Waals surface area contributed by atoms with Crippen molar-refractivity contribution in [2.24, 2.45) is 0 Å². The molecule has 160 valence electrons. The fraction of sp³-hybridized carbons (Fsp3) is 0.385. The highest BCUT2D eigenvalue weighted by Crippen LogP contribution is 2.19. The Morgan fingerprint density at radius 3 is 2.37 bits per heavy atom. The molecule has 0 aliphatic heterocycles. The lowest BCUT2D eigenvalue weighted by Crippen LogP contribution is -2.47. The zero-order chi connectivity index (χ0) is 21.6. The number of nitrogens with one attached hydrogen (secondary N) is 1. The number of aliphatic hydroxyl groups excluding tert-OH is 1. The van der Waals surface area contributed by atoms with Crippen LogP contribution in [-0.2, 0) is 12.8 Å². The normalized spacial score (nSPS) is 13.1. The topological polar surface area (TPSA) is 35.5 Å². The molecule has 0 unspecified atom stereocenters. The number of aliphatic hydroxyl groups is 1. The van der Waals surface area contributed by atoms with Gasteiger partial charge in [0.05, 0.1) is 6.10 Å². The summed E-state index contributed by atoms with van der Waals surface area (Å²) in [6, 6.07) is 23.6. The number of β-amino-alcohol motifs (C(OH)–C–C–N with tert-alkyl or cyclic N) is 1. The van der Waals surface area contributed by atoms with E-state index in [-0.39, 0.29) is 5.54 Å². The van der Waals surface area contributed by atoms with Gasteiger partial charge < -0.3 is 15.3 Å². The molecule has 2 N–H and O–H groups in total. The highest BCUT2D eigenvalue weighted by Gasteiger charge is 2.20. The number of nitrogens with zero attached hydrogens (tertiary/aromatic N) is 1. The van der Waals surface area contributed by atoms with Gasteiger partial charge in [-0.1, -0.05) is 70.5 Å². The Morgan fingerprint density at radius 2 is 1.63 bits per heavy atom. The average Bonchev–Trinajstić information content (AvgIpc) is 2.72. The van der Waals surface area contributed by atoms with Gasteiger partial charge in [-0.15, -0.1) is 0 Å². The van der Waals surface area contributed by atoms with Crippen molar-refractivity contribution in [2.45, 2.75) is 38.3 Å². The predicted molar refractivity (Wildman–Crippen MR) is 131 cm³/mol. The summed E-state index contributed by atoms with van der Waals surface area (Å²) in [5.74, 6) is 0. The average molecular weight is 469 g/mol. The van der Waals surface area contributed by atoms with Crippen LogP contribution in [0.2, 0.25) is 0 Å². The van der Waals surface area contributed by atoms with Gasteiger partial charge >= 0.3 is 0 Å². The maximum Gasteiger partial charge on any atom is 0.0791 e. The number of rotatable bonds is 10. The SMILES string of the molecule is CN(CCc1ccc(Br)cc1)C[C@H](O)CNC(C)(C)Cc1ccc2ccccc2c1. The minimum Gasteiger partial charge on any atom is -0.390 e. The molecule has 0 saturated carbocycles. The lowest BCUT2D eigenvalue weighted by atomic mass is 9.93. The van der Waals surface area contributed by atoms with Crippen LogP contribution in [0.25, 0.3) is 10.8 Å². The Bertz CT molecular complexity index is 939. The van der Waals surface area contributed by atoms with Crippen molar-refractivity contribution in [2.75, 3.05) is 26.7 Å². The van der Waals surface area contributed by atoms with Crippen molar-refractivity contribution < 1.29 is 5.11 Å². The molecule has 0 heterocycles. The van der Waals surface area contributed by atoms with Crippen LogP contribution in [-0.4, -0.2) is 48.3 Å². The Morgan fingerprint density at radius 1 is 0.967 bits per heavy atom. The smallest absolute Gasteiger partial charge is 0.0791 e. The second-order valence-corrected chi connectivity index (χ2v) is 9.83. The van der Waals surface area contributed by atoms with Gasteiger partial charge in [0.1, 0.15) is 0 Å². The first-order chi connectivity index (χ1) is 14.3. The highest BCUT2D eigenvalue weighted by atomic mass is 79.9. The summed E-state index contributed by atoms with van der Waals surface area (Å²) in [6.07, 6.45) is 1.51. The third kappa shape index (κ3) is 7.21. The molecule has 0 spiro atoms. The molecule has 4 heteroatoms. The zero-order valence-corrected chi connectivity index (χ0v) is 19.8. The Hall–Kier alpha value is -1.72. The molecule has 0 amide bonds. The summed E-state index contributed by atoms with van der Waals surface area (Å²) in [7, 11) is 2.07. The van der Waals surface area contributed by atoms with Crippen molar-refractivity contribution in [3.63, 3.8) is 0 Å². The summed E-state index contributed by atoms with van der Waals surface area (Å²) in [4.78, 5) is 2.20. The van der Waals surface area contributed by atoms with E-state index >= 15 is 0 Å². The summed E-state index contributed by atoms with van der Waals surface area (Å²) < 4.78 is 1.10. The molecule has 1 atom stereocenters. The molecule has 3 rings (SSSR count). The monoisotopic (exact) mass is 468 g/mol. The molecule has 0 radical (unpaired) electrons. The van der Waals surface area contributed by atoms with E-state index in [4.69, 9.17) is 0 Å². The van der Waals surface area contributed by atoms with Gasteiger partial charge in [0.15, 0.2) is 0 Å². The molecule has 0 aliphatic carbocycles. The molecule has 3 aromatic carbocycles. The van der Waals surface area contributed by atoms with E-state index in [2.05, 4.69) is 114 Å². The Balaban J connectivity index is 1.43. The molecule has 3 aromatic rings. The minimum atomic E-state index is -0.393. The van der Waals surface area contributed by atoms with E-state index in [9.17, 15) is 5.11 Å². The van der Waals surface area contributed by atoms with E-state index in [1.807, 2.05) is 0 Å². The number of halogens is 1. The first kappa shape index (κ1) is 23.0.